The molecule has 0 spiro atoms. The predicted molar refractivity (Wildman–Crippen MR) is 46.8 cm³/mol. The molecule has 0 aliphatic heterocycles. The van der Waals surface area contributed by atoms with Crippen molar-refractivity contribution in [1.82, 2.24) is 0 Å². The zero-order chi connectivity index (χ0) is 6.24. The Balaban J connectivity index is 2.53. The first-order valence-corrected chi connectivity index (χ1v) is 5.16. The maximum absolute atomic E-state index is 2.75. The Morgan fingerprint density at radius 2 is 2.12 bits per heavy atom. The minimum atomic E-state index is 1.26. The van der Waals surface area contributed by atoms with Crippen molar-refractivity contribution < 1.29 is 0 Å². The van der Waals surface area contributed by atoms with Crippen molar-refractivity contribution in [2.45, 2.75) is 19.8 Å². The monoisotopic (exact) mass is 150 g/mol. The third-order valence-electron chi connectivity index (χ3n) is 0.841. The van der Waals surface area contributed by atoms with Crippen molar-refractivity contribution in [3.05, 3.63) is 0 Å². The maximum Gasteiger partial charge on any atom is -0.00644 e. The average molecular weight is 150 g/mol. The van der Waals surface area contributed by atoms with Gasteiger partial charge < -0.3 is 0 Å². The van der Waals surface area contributed by atoms with Crippen LogP contribution in [0.4, 0.5) is 0 Å². The van der Waals surface area contributed by atoms with Gasteiger partial charge >= 0.3 is 0 Å². The summed E-state index contributed by atoms with van der Waals surface area (Å²) in [7, 11) is 2.75. The van der Waals surface area contributed by atoms with E-state index in [-0.39, 0.29) is 0 Å². The highest BCUT2D eigenvalue weighted by atomic mass is 32.2. The van der Waals surface area contributed by atoms with E-state index in [1.165, 1.54) is 30.5 Å². The number of hydrogen-bond donors (Lipinski definition) is 0. The molecule has 0 saturated heterocycles. The Labute approximate surface area is 59.0 Å². The topological polar surface area (TPSA) is 0 Å². The predicted octanol–water partition coefficient (Wildman–Crippen LogP) is 2.39. The van der Waals surface area contributed by atoms with Crippen LogP contribution in [-0.4, -0.2) is 17.7 Å². The van der Waals surface area contributed by atoms with Crippen molar-refractivity contribution in [2.24, 2.45) is 0 Å². The molecular formula is C6H15PS. The number of hydrogen-bond acceptors (Lipinski definition) is 1. The molecule has 0 aromatic rings. The van der Waals surface area contributed by atoms with Gasteiger partial charge in [-0.1, -0.05) is 6.92 Å². The molecule has 0 aromatic carbocycles. The fourth-order valence-corrected chi connectivity index (χ4v) is 1.80. The van der Waals surface area contributed by atoms with Crippen LogP contribution in [0.15, 0.2) is 0 Å². The SMILES string of the molecule is CCCSCCCP. The average Bonchev–Trinajstić information content (AvgIpc) is 1.81. The van der Waals surface area contributed by atoms with E-state index >= 15 is 0 Å². The highest BCUT2D eigenvalue weighted by Crippen LogP contribution is 2.04. The summed E-state index contributed by atoms with van der Waals surface area (Å²) in [6.45, 7) is 2.23. The van der Waals surface area contributed by atoms with Crippen LogP contribution in [0, 0.1) is 0 Å². The van der Waals surface area contributed by atoms with Crippen LogP contribution in [0.5, 0.6) is 0 Å². The summed E-state index contributed by atoms with van der Waals surface area (Å²) in [6.07, 6.45) is 3.94. The molecule has 0 radical (unpaired) electrons. The summed E-state index contributed by atoms with van der Waals surface area (Å²) in [4.78, 5) is 0. The Bertz CT molecular complexity index is 33.5. The van der Waals surface area contributed by atoms with Gasteiger partial charge in [0.05, 0.1) is 0 Å². The molecule has 8 heavy (non-hydrogen) atoms. The van der Waals surface area contributed by atoms with Crippen LogP contribution in [0.2, 0.25) is 0 Å². The molecular weight excluding hydrogens is 135 g/mol. The smallest absolute Gasteiger partial charge is 0.00644 e. The third kappa shape index (κ3) is 6.78. The first-order valence-electron chi connectivity index (χ1n) is 3.19. The van der Waals surface area contributed by atoms with Crippen LogP contribution in [0.3, 0.4) is 0 Å². The molecule has 1 unspecified atom stereocenters. The van der Waals surface area contributed by atoms with Crippen LogP contribution in [0.25, 0.3) is 0 Å². The van der Waals surface area contributed by atoms with Gasteiger partial charge in [-0.25, -0.2) is 0 Å². The second kappa shape index (κ2) is 7.78. The van der Waals surface area contributed by atoms with E-state index in [1.54, 1.807) is 0 Å². The van der Waals surface area contributed by atoms with Crippen molar-refractivity contribution in [3.63, 3.8) is 0 Å². The lowest BCUT2D eigenvalue weighted by molar-refractivity contribution is 1.08. The van der Waals surface area contributed by atoms with Gasteiger partial charge in [0.1, 0.15) is 0 Å². The van der Waals surface area contributed by atoms with Gasteiger partial charge in [-0.15, -0.1) is 9.24 Å². The summed E-state index contributed by atoms with van der Waals surface area (Å²) in [5.74, 6) is 2.68. The summed E-state index contributed by atoms with van der Waals surface area (Å²) < 4.78 is 0. The van der Waals surface area contributed by atoms with E-state index in [0.29, 0.717) is 0 Å². The van der Waals surface area contributed by atoms with E-state index in [0.717, 1.165) is 0 Å². The first-order chi connectivity index (χ1) is 3.91. The van der Waals surface area contributed by atoms with Crippen molar-refractivity contribution in [2.75, 3.05) is 17.7 Å². The molecule has 0 saturated carbocycles. The fourth-order valence-electron chi connectivity index (χ4n) is 0.432. The molecule has 0 aliphatic rings. The lowest BCUT2D eigenvalue weighted by Gasteiger charge is -1.94. The highest BCUT2D eigenvalue weighted by Gasteiger charge is 1.83. The van der Waals surface area contributed by atoms with E-state index in [2.05, 4.69) is 27.9 Å². The molecule has 0 nitrogen and oxygen atoms in total. The van der Waals surface area contributed by atoms with Gasteiger partial charge in [0, 0.05) is 0 Å². The molecule has 0 rings (SSSR count). The first kappa shape index (κ1) is 8.78. The molecule has 0 bridgehead atoms. The lowest BCUT2D eigenvalue weighted by Crippen LogP contribution is -1.81. The molecule has 0 aliphatic carbocycles. The van der Waals surface area contributed by atoms with E-state index in [4.69, 9.17) is 0 Å². The molecule has 0 heterocycles. The molecule has 2 heteroatoms. The van der Waals surface area contributed by atoms with Gasteiger partial charge in [0.25, 0.3) is 0 Å². The van der Waals surface area contributed by atoms with Crippen LogP contribution in [-0.2, 0) is 0 Å². The largest absolute Gasteiger partial charge is 0.162 e. The summed E-state index contributed by atoms with van der Waals surface area (Å²) in [5.41, 5.74) is 0. The highest BCUT2D eigenvalue weighted by molar-refractivity contribution is 7.99. The molecule has 0 N–H and O–H groups in total. The zero-order valence-electron chi connectivity index (χ0n) is 5.52. The van der Waals surface area contributed by atoms with Crippen molar-refractivity contribution >= 4 is 21.0 Å². The second-order valence-corrected chi connectivity index (χ2v) is 3.56. The molecule has 0 amide bonds. The molecule has 50 valence electrons. The normalized spacial score (nSPS) is 9.75. The van der Waals surface area contributed by atoms with Gasteiger partial charge in [0.15, 0.2) is 0 Å². The lowest BCUT2D eigenvalue weighted by atomic mass is 10.6. The zero-order valence-corrected chi connectivity index (χ0v) is 7.49. The Morgan fingerprint density at radius 1 is 1.38 bits per heavy atom. The van der Waals surface area contributed by atoms with E-state index in [1.807, 2.05) is 0 Å². The molecule has 0 fully saturated rings. The Kier molecular flexibility index (Phi) is 8.54. The Hall–Kier alpha value is 0.780. The van der Waals surface area contributed by atoms with Gasteiger partial charge in [0.2, 0.25) is 0 Å². The Morgan fingerprint density at radius 3 is 2.62 bits per heavy atom. The number of rotatable bonds is 5. The van der Waals surface area contributed by atoms with Crippen molar-refractivity contribution in [1.29, 1.82) is 0 Å². The van der Waals surface area contributed by atoms with Gasteiger partial charge in [-0.3, -0.25) is 0 Å². The van der Waals surface area contributed by atoms with Crippen LogP contribution < -0.4 is 0 Å². The minimum Gasteiger partial charge on any atom is -0.162 e. The quantitative estimate of drug-likeness (QED) is 0.428. The minimum absolute atomic E-state index is 1.26. The summed E-state index contributed by atoms with van der Waals surface area (Å²) >= 11 is 2.06. The van der Waals surface area contributed by atoms with Crippen molar-refractivity contribution in [3.8, 4) is 0 Å². The van der Waals surface area contributed by atoms with Gasteiger partial charge in [-0.2, -0.15) is 11.8 Å². The molecule has 0 aromatic heterocycles. The standard InChI is InChI=1S/C6H15PS/c1-2-5-8-6-3-4-7/h2-7H2,1H3. The van der Waals surface area contributed by atoms with E-state index in [9.17, 15) is 0 Å². The van der Waals surface area contributed by atoms with E-state index < -0.39 is 0 Å². The maximum atomic E-state index is 2.75. The van der Waals surface area contributed by atoms with Crippen LogP contribution >= 0.6 is 21.0 Å². The summed E-state index contributed by atoms with van der Waals surface area (Å²) in [6, 6.07) is 0. The third-order valence-corrected chi connectivity index (χ3v) is 2.52. The molecule has 1 atom stereocenters. The summed E-state index contributed by atoms with van der Waals surface area (Å²) in [5, 5.41) is 0. The van der Waals surface area contributed by atoms with Gasteiger partial charge in [-0.05, 0) is 30.5 Å². The second-order valence-electron chi connectivity index (χ2n) is 1.75. The fraction of sp³-hybridized carbons (Fsp3) is 1.00. The number of thioether (sulfide) groups is 1. The van der Waals surface area contributed by atoms with Crippen LogP contribution in [0.1, 0.15) is 19.8 Å².